The average molecular weight is 308 g/mol. The van der Waals surface area contributed by atoms with Gasteiger partial charge in [0.2, 0.25) is 0 Å². The Morgan fingerprint density at radius 1 is 1.19 bits per heavy atom. The third-order valence-corrected chi connectivity index (χ3v) is 3.65. The van der Waals surface area contributed by atoms with Crippen LogP contribution in [0.25, 0.3) is 0 Å². The molecule has 0 saturated carbocycles. The molecule has 1 N–H and O–H groups in total. The molecular formula is C17H19ClFNO. The Balaban J connectivity index is 1.87. The van der Waals surface area contributed by atoms with E-state index in [0.29, 0.717) is 30.1 Å². The zero-order valence-corrected chi connectivity index (χ0v) is 12.7. The second-order valence-corrected chi connectivity index (χ2v) is 5.63. The maximum atomic E-state index is 13.7. The minimum absolute atomic E-state index is 0.255. The van der Waals surface area contributed by atoms with Crippen molar-refractivity contribution >= 4 is 11.6 Å². The summed E-state index contributed by atoms with van der Waals surface area (Å²) in [6, 6.07) is 14.1. The first-order chi connectivity index (χ1) is 10.1. The van der Waals surface area contributed by atoms with Crippen molar-refractivity contribution in [3.8, 4) is 0 Å². The Labute approximate surface area is 129 Å². The summed E-state index contributed by atoms with van der Waals surface area (Å²) in [5.41, 5.74) is 1.47. The number of hydrogen-bond donors (Lipinski definition) is 1. The van der Waals surface area contributed by atoms with E-state index in [1.807, 2.05) is 42.3 Å². The van der Waals surface area contributed by atoms with Crippen LogP contribution in [-0.4, -0.2) is 23.6 Å². The van der Waals surface area contributed by atoms with Crippen LogP contribution in [0.2, 0.25) is 5.02 Å². The molecule has 112 valence electrons. The van der Waals surface area contributed by atoms with Crippen molar-refractivity contribution in [1.29, 1.82) is 0 Å². The first-order valence-corrected chi connectivity index (χ1v) is 7.29. The zero-order valence-electron chi connectivity index (χ0n) is 12.0. The lowest BCUT2D eigenvalue weighted by Crippen LogP contribution is -2.21. The van der Waals surface area contributed by atoms with Gasteiger partial charge < -0.3 is 10.0 Å². The van der Waals surface area contributed by atoms with Crippen LogP contribution in [0.4, 0.5) is 4.39 Å². The van der Waals surface area contributed by atoms with Crippen LogP contribution < -0.4 is 0 Å². The highest BCUT2D eigenvalue weighted by atomic mass is 35.5. The molecule has 0 aliphatic carbocycles. The predicted molar refractivity (Wildman–Crippen MR) is 83.8 cm³/mol. The first kappa shape index (κ1) is 16.0. The predicted octanol–water partition coefficient (Wildman–Crippen LogP) is 4.03. The molecule has 0 bridgehead atoms. The lowest BCUT2D eigenvalue weighted by molar-refractivity contribution is 0.147. The van der Waals surface area contributed by atoms with E-state index in [-0.39, 0.29) is 5.82 Å². The molecule has 4 heteroatoms. The molecule has 1 unspecified atom stereocenters. The van der Waals surface area contributed by atoms with E-state index in [4.69, 9.17) is 11.6 Å². The standard InChI is InChI=1S/C17H19ClFNO/c1-20(12-14-11-15(18)7-8-16(14)19)10-9-17(21)13-5-3-2-4-6-13/h2-8,11,17,21H,9-10,12H2,1H3. The summed E-state index contributed by atoms with van der Waals surface area (Å²) >= 11 is 5.88. The number of halogens is 2. The monoisotopic (exact) mass is 307 g/mol. The number of aliphatic hydroxyl groups excluding tert-OH is 1. The summed E-state index contributed by atoms with van der Waals surface area (Å²) in [7, 11) is 1.90. The molecule has 0 radical (unpaired) electrons. The van der Waals surface area contributed by atoms with Crippen LogP contribution in [0.15, 0.2) is 48.5 Å². The summed E-state index contributed by atoms with van der Waals surface area (Å²) in [6.45, 7) is 1.13. The van der Waals surface area contributed by atoms with E-state index in [9.17, 15) is 9.50 Å². The van der Waals surface area contributed by atoms with Crippen LogP contribution in [0.1, 0.15) is 23.7 Å². The van der Waals surface area contributed by atoms with Crippen molar-refractivity contribution in [3.63, 3.8) is 0 Å². The fraction of sp³-hybridized carbons (Fsp3) is 0.294. The van der Waals surface area contributed by atoms with Crippen molar-refractivity contribution in [1.82, 2.24) is 4.90 Å². The van der Waals surface area contributed by atoms with Crippen molar-refractivity contribution in [3.05, 3.63) is 70.5 Å². The summed E-state index contributed by atoms with van der Waals surface area (Å²) in [5.74, 6) is -0.255. The molecule has 0 saturated heterocycles. The zero-order chi connectivity index (χ0) is 15.2. The summed E-state index contributed by atoms with van der Waals surface area (Å²) in [6.07, 6.45) is 0.0979. The first-order valence-electron chi connectivity index (χ1n) is 6.92. The van der Waals surface area contributed by atoms with E-state index in [0.717, 1.165) is 5.56 Å². The van der Waals surface area contributed by atoms with Crippen LogP contribution in [0, 0.1) is 5.82 Å². The smallest absolute Gasteiger partial charge is 0.127 e. The van der Waals surface area contributed by atoms with E-state index in [2.05, 4.69) is 0 Å². The molecule has 0 spiro atoms. The second kappa shape index (κ2) is 7.55. The van der Waals surface area contributed by atoms with Gasteiger partial charge in [0.15, 0.2) is 0 Å². The fourth-order valence-electron chi connectivity index (χ4n) is 2.22. The van der Waals surface area contributed by atoms with Gasteiger partial charge in [-0.2, -0.15) is 0 Å². The van der Waals surface area contributed by atoms with Gasteiger partial charge in [-0.15, -0.1) is 0 Å². The second-order valence-electron chi connectivity index (χ2n) is 5.19. The highest BCUT2D eigenvalue weighted by molar-refractivity contribution is 6.30. The van der Waals surface area contributed by atoms with Crippen molar-refractivity contribution < 1.29 is 9.50 Å². The molecule has 0 aliphatic rings. The van der Waals surface area contributed by atoms with E-state index < -0.39 is 6.10 Å². The van der Waals surface area contributed by atoms with Gasteiger partial charge >= 0.3 is 0 Å². The molecule has 0 heterocycles. The SMILES string of the molecule is CN(CCC(O)c1ccccc1)Cc1cc(Cl)ccc1F. The fourth-order valence-corrected chi connectivity index (χ4v) is 2.41. The van der Waals surface area contributed by atoms with E-state index in [1.54, 1.807) is 12.1 Å². The van der Waals surface area contributed by atoms with Crippen molar-refractivity contribution in [2.75, 3.05) is 13.6 Å². The number of nitrogens with zero attached hydrogens (tertiary/aromatic N) is 1. The lowest BCUT2D eigenvalue weighted by Gasteiger charge is -2.19. The summed E-state index contributed by atoms with van der Waals surface area (Å²) < 4.78 is 13.7. The average Bonchev–Trinajstić information content (AvgIpc) is 2.49. The molecule has 2 aromatic rings. The Bertz CT molecular complexity index is 576. The van der Waals surface area contributed by atoms with Gasteiger partial charge in [-0.05, 0) is 37.2 Å². The third kappa shape index (κ3) is 4.81. The van der Waals surface area contributed by atoms with Gasteiger partial charge in [0.25, 0.3) is 0 Å². The molecular weight excluding hydrogens is 289 g/mol. The number of hydrogen-bond acceptors (Lipinski definition) is 2. The molecule has 0 aromatic heterocycles. The Kier molecular flexibility index (Phi) is 5.74. The lowest BCUT2D eigenvalue weighted by atomic mass is 10.1. The van der Waals surface area contributed by atoms with Crippen molar-refractivity contribution in [2.45, 2.75) is 19.1 Å². The summed E-state index contributed by atoms with van der Waals surface area (Å²) in [5, 5.41) is 10.6. The van der Waals surface area contributed by atoms with E-state index >= 15 is 0 Å². The molecule has 2 aromatic carbocycles. The van der Waals surface area contributed by atoms with Crippen LogP contribution in [0.3, 0.4) is 0 Å². The number of benzene rings is 2. The van der Waals surface area contributed by atoms with Crippen LogP contribution in [0.5, 0.6) is 0 Å². The molecule has 0 fully saturated rings. The van der Waals surface area contributed by atoms with Crippen LogP contribution >= 0.6 is 11.6 Å². The maximum Gasteiger partial charge on any atom is 0.127 e. The highest BCUT2D eigenvalue weighted by Crippen LogP contribution is 2.19. The number of rotatable bonds is 6. The quantitative estimate of drug-likeness (QED) is 0.871. The molecule has 0 aliphatic heterocycles. The number of aliphatic hydroxyl groups is 1. The minimum atomic E-state index is -0.502. The molecule has 0 amide bonds. The normalized spacial score (nSPS) is 12.6. The van der Waals surface area contributed by atoms with Gasteiger partial charge in [-0.3, -0.25) is 0 Å². The largest absolute Gasteiger partial charge is 0.388 e. The Hall–Kier alpha value is -1.42. The minimum Gasteiger partial charge on any atom is -0.388 e. The Morgan fingerprint density at radius 3 is 2.62 bits per heavy atom. The topological polar surface area (TPSA) is 23.5 Å². The Morgan fingerprint density at radius 2 is 1.90 bits per heavy atom. The molecule has 21 heavy (non-hydrogen) atoms. The maximum absolute atomic E-state index is 13.7. The molecule has 1 atom stereocenters. The van der Waals surface area contributed by atoms with Gasteiger partial charge in [0.1, 0.15) is 5.82 Å². The van der Waals surface area contributed by atoms with Gasteiger partial charge in [0.05, 0.1) is 6.10 Å². The highest BCUT2D eigenvalue weighted by Gasteiger charge is 2.10. The van der Waals surface area contributed by atoms with Crippen molar-refractivity contribution in [2.24, 2.45) is 0 Å². The van der Waals surface area contributed by atoms with Gasteiger partial charge in [-0.1, -0.05) is 41.9 Å². The van der Waals surface area contributed by atoms with Gasteiger partial charge in [-0.25, -0.2) is 4.39 Å². The third-order valence-electron chi connectivity index (χ3n) is 3.42. The van der Waals surface area contributed by atoms with Gasteiger partial charge in [0, 0.05) is 23.7 Å². The summed E-state index contributed by atoms with van der Waals surface area (Å²) in [4.78, 5) is 1.97. The molecule has 2 rings (SSSR count). The van der Waals surface area contributed by atoms with Crippen LogP contribution in [-0.2, 0) is 6.54 Å². The van der Waals surface area contributed by atoms with E-state index in [1.165, 1.54) is 6.07 Å². The molecule has 2 nitrogen and oxygen atoms in total.